The van der Waals surface area contributed by atoms with Crippen LogP contribution in [0.4, 0.5) is 0 Å². The van der Waals surface area contributed by atoms with Crippen molar-refractivity contribution in [1.82, 2.24) is 0 Å². The van der Waals surface area contributed by atoms with E-state index in [0.29, 0.717) is 0 Å². The first-order valence-corrected chi connectivity index (χ1v) is 3.86. The van der Waals surface area contributed by atoms with Crippen molar-refractivity contribution >= 4 is 21.7 Å². The van der Waals surface area contributed by atoms with Crippen LogP contribution in [0.25, 0.3) is 0 Å². The maximum Gasteiger partial charge on any atom is -1.00 e. The fraction of sp³-hybridized carbons (Fsp3) is 0.667. The molecule has 44 valence electrons. The van der Waals surface area contributed by atoms with Crippen molar-refractivity contribution in [1.29, 1.82) is 0 Å². The largest absolute Gasteiger partial charge is 1.00 e. The molecule has 0 saturated carbocycles. The molecule has 0 aromatic rings. The average Bonchev–Trinajstić information content (AvgIpc) is 1.69. The molecule has 0 nitrogen and oxygen atoms in total. The molecule has 0 amide bonds. The Morgan fingerprint density at radius 3 is 2.38 bits per heavy atom. The zero-order valence-corrected chi connectivity index (χ0v) is 7.53. The van der Waals surface area contributed by atoms with Crippen LogP contribution in [0.5, 0.6) is 0 Å². The summed E-state index contributed by atoms with van der Waals surface area (Å²) < 4.78 is 1.30. The smallest absolute Gasteiger partial charge is 1.00 e. The van der Waals surface area contributed by atoms with Gasteiger partial charge in [0, 0.05) is 0 Å². The van der Waals surface area contributed by atoms with Gasteiger partial charge in [-0.15, -0.1) is 0 Å². The number of hydrogen-bond acceptors (Lipinski definition) is 0. The summed E-state index contributed by atoms with van der Waals surface area (Å²) in [7, 11) is 0. The number of rotatable bonds is 3. The Kier molecular flexibility index (Phi) is 15.5. The average molecular weight is 143 g/mol. The van der Waals surface area contributed by atoms with Crippen LogP contribution in [0, 0.1) is 0 Å². The zero-order chi connectivity index (χ0) is 5.54. The first-order valence-electron chi connectivity index (χ1n) is 2.86. The second-order valence-corrected chi connectivity index (χ2v) is 2.23. The Morgan fingerprint density at radius 2 is 2.00 bits per heavy atom. The van der Waals surface area contributed by atoms with Gasteiger partial charge >= 0.3 is 58.2 Å². The predicted octanol–water partition coefficient (Wildman–Crippen LogP) is -1.07. The van der Waals surface area contributed by atoms with Crippen LogP contribution in [-0.4, -0.2) is 21.7 Å². The molecule has 0 spiro atoms. The van der Waals surface area contributed by atoms with Crippen molar-refractivity contribution in [3.05, 3.63) is 12.2 Å². The van der Waals surface area contributed by atoms with Crippen molar-refractivity contribution in [2.75, 3.05) is 0 Å². The van der Waals surface area contributed by atoms with Gasteiger partial charge in [-0.1, -0.05) is 0 Å². The van der Waals surface area contributed by atoms with E-state index in [1.54, 1.807) is 0 Å². The zero-order valence-electron chi connectivity index (χ0n) is 5.36. The monoisotopic (exact) mass is 142 g/mol. The van der Waals surface area contributed by atoms with Crippen LogP contribution in [-0.2, 0) is 0 Å². The molecule has 0 aliphatic carbocycles. The molecule has 0 aliphatic rings. The van der Waals surface area contributed by atoms with Gasteiger partial charge in [0.25, 0.3) is 0 Å². The molecule has 0 rings (SSSR count). The molecule has 0 unspecified atom stereocenters. The summed E-state index contributed by atoms with van der Waals surface area (Å²) in [6.45, 7) is 2.16. The predicted molar refractivity (Wildman–Crippen MR) is 34.6 cm³/mol. The topological polar surface area (TPSA) is 0 Å². The molecule has 0 aromatic carbocycles. The van der Waals surface area contributed by atoms with E-state index in [0.717, 1.165) is 0 Å². The third-order valence-electron chi connectivity index (χ3n) is 0.773. The molecule has 0 bridgehead atoms. The van der Waals surface area contributed by atoms with Crippen LogP contribution in [0.3, 0.4) is 0 Å². The van der Waals surface area contributed by atoms with Crippen LogP contribution in [0.1, 0.15) is 19.8 Å². The van der Waals surface area contributed by atoms with E-state index in [1.807, 2.05) is 21.7 Å². The Hall–Kier alpha value is 0.796. The van der Waals surface area contributed by atoms with Crippen molar-refractivity contribution in [2.45, 2.75) is 24.3 Å². The Bertz CT molecular complexity index is 52.5. The molecule has 0 atom stereocenters. The Balaban J connectivity index is 0. The van der Waals surface area contributed by atoms with Gasteiger partial charge in [0.1, 0.15) is 0 Å². The first-order chi connectivity index (χ1) is 3.41. The normalized spacial score (nSPS) is 9.38. The fourth-order valence-electron chi connectivity index (χ4n) is 0.402. The second-order valence-electron chi connectivity index (χ2n) is 1.52. The van der Waals surface area contributed by atoms with Crippen LogP contribution < -0.4 is 12.4 Å². The summed E-state index contributed by atoms with van der Waals surface area (Å²) in [5, 5.41) is 0. The molecule has 0 saturated heterocycles. The molecule has 0 aromatic heterocycles. The van der Waals surface area contributed by atoms with E-state index >= 15 is 0 Å². The van der Waals surface area contributed by atoms with Gasteiger partial charge in [0.05, 0.1) is 0 Å². The van der Waals surface area contributed by atoms with Gasteiger partial charge in [0.15, 0.2) is 0 Å². The van der Waals surface area contributed by atoms with Crippen molar-refractivity contribution < 1.29 is 12.4 Å². The summed E-state index contributed by atoms with van der Waals surface area (Å²) in [6.07, 6.45) is 6.90. The number of allylic oxidation sites excluding steroid dienone is 2. The minimum absolute atomic E-state index is 0. The summed E-state index contributed by atoms with van der Waals surface area (Å²) in [4.78, 5) is 0. The van der Waals surface area contributed by atoms with E-state index in [4.69, 9.17) is 0 Å². The molecular weight excluding hydrogens is 132 g/mol. The van der Waals surface area contributed by atoms with Gasteiger partial charge in [-0.2, -0.15) is 0 Å². The Morgan fingerprint density at radius 1 is 1.38 bits per heavy atom. The summed E-state index contributed by atoms with van der Waals surface area (Å²) in [5.41, 5.74) is 0. The molecule has 0 N–H and O–H groups in total. The summed E-state index contributed by atoms with van der Waals surface area (Å²) in [6, 6.07) is 0. The van der Waals surface area contributed by atoms with Gasteiger partial charge in [-0.3, -0.25) is 0 Å². The first kappa shape index (κ1) is 11.6. The molecule has 0 aliphatic heterocycles. The summed E-state index contributed by atoms with van der Waals surface area (Å²) >= 11 is 2.03. The van der Waals surface area contributed by atoms with Gasteiger partial charge < -0.3 is 12.4 Å². The molecular formula is C6H11ClMg. The SMILES string of the molecule is CCC=CC[CH2][Mg+].[Cl-]. The minimum atomic E-state index is 0. The van der Waals surface area contributed by atoms with E-state index < -0.39 is 0 Å². The third kappa shape index (κ3) is 9.93. The minimum Gasteiger partial charge on any atom is -1.00 e. The van der Waals surface area contributed by atoms with Crippen LogP contribution in [0.2, 0.25) is 4.55 Å². The molecule has 8 heavy (non-hydrogen) atoms. The van der Waals surface area contributed by atoms with Crippen molar-refractivity contribution in [3.8, 4) is 0 Å². The maximum atomic E-state index is 2.24. The molecule has 0 fully saturated rings. The maximum absolute atomic E-state index is 2.24. The van der Waals surface area contributed by atoms with Crippen LogP contribution >= 0.6 is 0 Å². The Labute approximate surface area is 70.6 Å². The molecule has 0 heterocycles. The molecule has 2 heteroatoms. The number of hydrogen-bond donors (Lipinski definition) is 0. The summed E-state index contributed by atoms with van der Waals surface area (Å²) in [5.74, 6) is 0. The van der Waals surface area contributed by atoms with E-state index in [2.05, 4.69) is 19.1 Å². The van der Waals surface area contributed by atoms with E-state index in [-0.39, 0.29) is 12.4 Å². The van der Waals surface area contributed by atoms with E-state index in [9.17, 15) is 0 Å². The van der Waals surface area contributed by atoms with Crippen molar-refractivity contribution in [3.63, 3.8) is 0 Å². The number of halogens is 1. The van der Waals surface area contributed by atoms with E-state index in [1.165, 1.54) is 17.4 Å². The van der Waals surface area contributed by atoms with Crippen molar-refractivity contribution in [2.24, 2.45) is 0 Å². The molecule has 0 radical (unpaired) electrons. The standard InChI is InChI=1S/C6H11.ClH.Mg/c1-3-5-6-4-2;;/h5-6H,1,3-4H2,2H3;1H;/q;;+1/p-1. The second kappa shape index (κ2) is 10.7. The van der Waals surface area contributed by atoms with Gasteiger partial charge in [-0.05, 0) is 0 Å². The third-order valence-corrected chi connectivity index (χ3v) is 1.18. The van der Waals surface area contributed by atoms with Gasteiger partial charge in [0.2, 0.25) is 0 Å². The van der Waals surface area contributed by atoms with Gasteiger partial charge in [-0.25, -0.2) is 0 Å². The fourth-order valence-corrected chi connectivity index (χ4v) is 0.638. The quantitative estimate of drug-likeness (QED) is 0.348. The van der Waals surface area contributed by atoms with Crippen LogP contribution in [0.15, 0.2) is 12.2 Å².